The molecule has 0 saturated heterocycles. The van der Waals surface area contributed by atoms with Gasteiger partial charge in [0.15, 0.2) is 0 Å². The van der Waals surface area contributed by atoms with Gasteiger partial charge in [0.25, 0.3) is 0 Å². The van der Waals surface area contributed by atoms with Crippen LogP contribution in [0.1, 0.15) is 40.0 Å². The topological polar surface area (TPSA) is 75.6 Å². The number of ether oxygens (including phenoxy) is 1. The number of amides is 1. The number of carbonyl (C=O) groups excluding carboxylic acids is 1. The Kier molecular flexibility index (Phi) is 8.40. The Labute approximate surface area is 103 Å². The summed E-state index contributed by atoms with van der Waals surface area (Å²) in [7, 11) is 0. The maximum absolute atomic E-state index is 11.5. The quantitative estimate of drug-likeness (QED) is 0.644. The summed E-state index contributed by atoms with van der Waals surface area (Å²) in [5, 5.41) is 11.3. The summed E-state index contributed by atoms with van der Waals surface area (Å²) in [6, 6.07) is -0.00715. The van der Waals surface area contributed by atoms with Crippen molar-refractivity contribution in [3.63, 3.8) is 0 Å². The molecule has 0 heterocycles. The molecule has 0 aliphatic rings. The molecule has 1 unspecified atom stereocenters. The largest absolute Gasteiger partial charge is 0.481 e. The number of carboxylic acids is 1. The second kappa shape index (κ2) is 8.98. The first-order valence-electron chi connectivity index (χ1n) is 6.06. The lowest BCUT2D eigenvalue weighted by atomic mass is 10.1. The van der Waals surface area contributed by atoms with Crippen molar-refractivity contribution < 1.29 is 19.4 Å². The van der Waals surface area contributed by atoms with Crippen LogP contribution in [0.15, 0.2) is 0 Å². The van der Waals surface area contributed by atoms with E-state index in [-0.39, 0.29) is 24.8 Å². The van der Waals surface area contributed by atoms with Gasteiger partial charge < -0.3 is 15.2 Å². The summed E-state index contributed by atoms with van der Waals surface area (Å²) in [5.74, 6) is -0.679. The van der Waals surface area contributed by atoms with Gasteiger partial charge in [0, 0.05) is 19.4 Å². The fourth-order valence-corrected chi connectivity index (χ4v) is 1.32. The molecule has 17 heavy (non-hydrogen) atoms. The van der Waals surface area contributed by atoms with E-state index in [1.807, 2.05) is 20.8 Å². The summed E-state index contributed by atoms with van der Waals surface area (Å²) in [6.45, 7) is 7.06. The summed E-state index contributed by atoms with van der Waals surface area (Å²) >= 11 is 0. The summed E-state index contributed by atoms with van der Waals surface area (Å²) < 4.78 is 5.29. The number of rotatable bonds is 9. The van der Waals surface area contributed by atoms with Crippen molar-refractivity contribution >= 4 is 11.9 Å². The molecule has 5 heteroatoms. The van der Waals surface area contributed by atoms with Gasteiger partial charge in [-0.15, -0.1) is 0 Å². The van der Waals surface area contributed by atoms with E-state index in [1.54, 1.807) is 0 Å². The minimum atomic E-state index is -0.868. The monoisotopic (exact) mass is 245 g/mol. The van der Waals surface area contributed by atoms with Gasteiger partial charge in [-0.2, -0.15) is 0 Å². The average molecular weight is 245 g/mol. The van der Waals surface area contributed by atoms with E-state index in [4.69, 9.17) is 9.84 Å². The average Bonchev–Trinajstić information content (AvgIpc) is 2.23. The molecule has 0 fully saturated rings. The smallest absolute Gasteiger partial charge is 0.303 e. The molecule has 0 aliphatic carbocycles. The molecule has 0 bridgehead atoms. The highest BCUT2D eigenvalue weighted by Gasteiger charge is 2.16. The Bertz CT molecular complexity index is 241. The molecule has 5 nitrogen and oxygen atoms in total. The minimum Gasteiger partial charge on any atom is -0.481 e. The van der Waals surface area contributed by atoms with Crippen LogP contribution in [0.5, 0.6) is 0 Å². The molecular weight excluding hydrogens is 222 g/mol. The normalized spacial score (nSPS) is 12.5. The van der Waals surface area contributed by atoms with E-state index < -0.39 is 5.97 Å². The number of hydrogen-bond acceptors (Lipinski definition) is 3. The lowest BCUT2D eigenvalue weighted by molar-refractivity contribution is -0.137. The lowest BCUT2D eigenvalue weighted by Crippen LogP contribution is -2.41. The van der Waals surface area contributed by atoms with Crippen LogP contribution in [0.4, 0.5) is 0 Å². The van der Waals surface area contributed by atoms with Crippen molar-refractivity contribution in [3.8, 4) is 0 Å². The van der Waals surface area contributed by atoms with E-state index in [0.29, 0.717) is 25.6 Å². The van der Waals surface area contributed by atoms with Crippen molar-refractivity contribution in [2.75, 3.05) is 13.2 Å². The predicted molar refractivity (Wildman–Crippen MR) is 64.7 cm³/mol. The zero-order valence-electron chi connectivity index (χ0n) is 10.9. The predicted octanol–water partition coefficient (Wildman–Crippen LogP) is 1.42. The van der Waals surface area contributed by atoms with Gasteiger partial charge >= 0.3 is 5.97 Å². The van der Waals surface area contributed by atoms with Crippen molar-refractivity contribution in [1.82, 2.24) is 5.32 Å². The highest BCUT2D eigenvalue weighted by atomic mass is 16.5. The van der Waals surface area contributed by atoms with E-state index in [0.717, 1.165) is 0 Å². The summed E-state index contributed by atoms with van der Waals surface area (Å²) in [6.07, 6.45) is 0.660. The first kappa shape index (κ1) is 15.9. The number of hydrogen-bond donors (Lipinski definition) is 2. The van der Waals surface area contributed by atoms with Crippen LogP contribution >= 0.6 is 0 Å². The Morgan fingerprint density at radius 1 is 1.29 bits per heavy atom. The van der Waals surface area contributed by atoms with E-state index >= 15 is 0 Å². The molecule has 2 N–H and O–H groups in total. The van der Waals surface area contributed by atoms with Gasteiger partial charge in [-0.1, -0.05) is 13.8 Å². The third-order valence-corrected chi connectivity index (χ3v) is 2.45. The van der Waals surface area contributed by atoms with Gasteiger partial charge in [0.2, 0.25) is 5.91 Å². The molecule has 1 amide bonds. The highest BCUT2D eigenvalue weighted by Crippen LogP contribution is 2.04. The van der Waals surface area contributed by atoms with Crippen LogP contribution in [0.2, 0.25) is 0 Å². The standard InChI is InChI=1S/C12H23NO4/c1-4-17-8-10(9(2)3)13-11(14)6-5-7-12(15)16/h9-10H,4-8H2,1-3H3,(H,13,14)(H,15,16). The van der Waals surface area contributed by atoms with Crippen LogP contribution in [-0.2, 0) is 14.3 Å². The summed E-state index contributed by atoms with van der Waals surface area (Å²) in [5.41, 5.74) is 0. The molecule has 0 radical (unpaired) electrons. The molecule has 0 spiro atoms. The van der Waals surface area contributed by atoms with Gasteiger partial charge in [-0.25, -0.2) is 0 Å². The van der Waals surface area contributed by atoms with Crippen LogP contribution < -0.4 is 5.32 Å². The SMILES string of the molecule is CCOCC(NC(=O)CCCC(=O)O)C(C)C. The molecule has 0 saturated carbocycles. The molecule has 100 valence electrons. The van der Waals surface area contributed by atoms with Gasteiger partial charge in [-0.3, -0.25) is 9.59 Å². The van der Waals surface area contributed by atoms with Crippen LogP contribution in [-0.4, -0.2) is 36.2 Å². The second-order valence-corrected chi connectivity index (χ2v) is 4.32. The van der Waals surface area contributed by atoms with Crippen molar-refractivity contribution in [2.24, 2.45) is 5.92 Å². The van der Waals surface area contributed by atoms with E-state index in [1.165, 1.54) is 0 Å². The maximum atomic E-state index is 11.5. The Hall–Kier alpha value is -1.10. The fourth-order valence-electron chi connectivity index (χ4n) is 1.32. The molecule has 0 rings (SSSR count). The first-order chi connectivity index (χ1) is 7.97. The van der Waals surface area contributed by atoms with Gasteiger partial charge in [0.05, 0.1) is 12.6 Å². The van der Waals surface area contributed by atoms with E-state index in [9.17, 15) is 9.59 Å². The van der Waals surface area contributed by atoms with Crippen molar-refractivity contribution in [2.45, 2.75) is 46.1 Å². The molecule has 1 atom stereocenters. The maximum Gasteiger partial charge on any atom is 0.303 e. The van der Waals surface area contributed by atoms with Crippen LogP contribution in [0.25, 0.3) is 0 Å². The van der Waals surface area contributed by atoms with Crippen molar-refractivity contribution in [3.05, 3.63) is 0 Å². The summed E-state index contributed by atoms with van der Waals surface area (Å²) in [4.78, 5) is 21.8. The Balaban J connectivity index is 3.90. The lowest BCUT2D eigenvalue weighted by Gasteiger charge is -2.22. The second-order valence-electron chi connectivity index (χ2n) is 4.32. The molecule has 0 aliphatic heterocycles. The molecule has 0 aromatic rings. The number of aliphatic carboxylic acids is 1. The fraction of sp³-hybridized carbons (Fsp3) is 0.833. The first-order valence-corrected chi connectivity index (χ1v) is 6.06. The highest BCUT2D eigenvalue weighted by molar-refractivity contribution is 5.77. The third-order valence-electron chi connectivity index (χ3n) is 2.45. The zero-order valence-corrected chi connectivity index (χ0v) is 10.9. The van der Waals surface area contributed by atoms with Crippen LogP contribution in [0, 0.1) is 5.92 Å². The van der Waals surface area contributed by atoms with Gasteiger partial charge in [0.1, 0.15) is 0 Å². The number of carboxylic acid groups (broad SMARTS) is 1. The molecule has 0 aromatic carbocycles. The molecule has 0 aromatic heterocycles. The molecular formula is C12H23NO4. The van der Waals surface area contributed by atoms with E-state index in [2.05, 4.69) is 5.32 Å². The third kappa shape index (κ3) is 8.68. The zero-order chi connectivity index (χ0) is 13.3. The Morgan fingerprint density at radius 2 is 1.94 bits per heavy atom. The van der Waals surface area contributed by atoms with Gasteiger partial charge in [-0.05, 0) is 19.3 Å². The van der Waals surface area contributed by atoms with Crippen molar-refractivity contribution in [1.29, 1.82) is 0 Å². The number of carbonyl (C=O) groups is 2. The Morgan fingerprint density at radius 3 is 2.41 bits per heavy atom. The number of nitrogens with one attached hydrogen (secondary N) is 1. The minimum absolute atomic E-state index is 0.00715. The van der Waals surface area contributed by atoms with Crippen LogP contribution in [0.3, 0.4) is 0 Å².